The number of carbonyl (C=O) groups excluding carboxylic acids is 1. The number of aryl methyl sites for hydroxylation is 1. The standard InChI is InChI=1S/C29H26BrN3O3/c1-19-7-9-20(10-8-19)18-36-28-15-25(30)22(14-27(28)35-2)13-23(16-31)29(34)32-12-11-21-17-33-26-6-4-3-5-24(21)26/h3-10,13-15,17,33H,11-12,18H2,1-2H3,(H,32,34)/b23-13-. The number of nitrogens with one attached hydrogen (secondary N) is 2. The van der Waals surface area contributed by atoms with Crippen molar-refractivity contribution in [3.63, 3.8) is 0 Å². The van der Waals surface area contributed by atoms with Crippen molar-refractivity contribution in [3.05, 3.63) is 99.2 Å². The van der Waals surface area contributed by atoms with Crippen LogP contribution in [0, 0.1) is 18.3 Å². The molecule has 0 atom stereocenters. The number of ether oxygens (including phenoxy) is 2. The molecule has 0 saturated carbocycles. The summed E-state index contributed by atoms with van der Waals surface area (Å²) in [5.74, 6) is 0.639. The number of amides is 1. The molecule has 0 saturated heterocycles. The van der Waals surface area contributed by atoms with Crippen LogP contribution in [0.25, 0.3) is 17.0 Å². The van der Waals surface area contributed by atoms with E-state index in [0.717, 1.165) is 22.0 Å². The second-order valence-corrected chi connectivity index (χ2v) is 9.19. The molecular formula is C29H26BrN3O3. The molecule has 0 aliphatic heterocycles. The number of nitriles is 1. The minimum absolute atomic E-state index is 0.00463. The molecule has 0 fully saturated rings. The van der Waals surface area contributed by atoms with E-state index >= 15 is 0 Å². The Morgan fingerprint density at radius 1 is 1.14 bits per heavy atom. The third-order valence-electron chi connectivity index (χ3n) is 5.82. The zero-order valence-electron chi connectivity index (χ0n) is 20.1. The van der Waals surface area contributed by atoms with Crippen molar-refractivity contribution >= 4 is 38.8 Å². The van der Waals surface area contributed by atoms with Crippen LogP contribution in [0.3, 0.4) is 0 Å². The Kier molecular flexibility index (Phi) is 8.09. The van der Waals surface area contributed by atoms with Gasteiger partial charge in [-0.15, -0.1) is 0 Å². The van der Waals surface area contributed by atoms with E-state index in [0.29, 0.717) is 41.1 Å². The number of para-hydroxylation sites is 1. The smallest absolute Gasteiger partial charge is 0.261 e. The summed E-state index contributed by atoms with van der Waals surface area (Å²) in [4.78, 5) is 15.9. The zero-order valence-corrected chi connectivity index (χ0v) is 21.7. The number of aromatic nitrogens is 1. The van der Waals surface area contributed by atoms with Crippen molar-refractivity contribution < 1.29 is 14.3 Å². The van der Waals surface area contributed by atoms with Gasteiger partial charge in [0.25, 0.3) is 5.91 Å². The molecule has 0 aliphatic carbocycles. The third-order valence-corrected chi connectivity index (χ3v) is 6.50. The summed E-state index contributed by atoms with van der Waals surface area (Å²) in [7, 11) is 1.55. The number of rotatable bonds is 9. The first-order valence-electron chi connectivity index (χ1n) is 11.5. The highest BCUT2D eigenvalue weighted by Gasteiger charge is 2.14. The Balaban J connectivity index is 1.43. The van der Waals surface area contributed by atoms with Gasteiger partial charge in [0.15, 0.2) is 11.5 Å². The number of H-pyrrole nitrogens is 1. The first kappa shape index (κ1) is 25.1. The molecule has 1 amide bonds. The van der Waals surface area contributed by atoms with Gasteiger partial charge >= 0.3 is 0 Å². The van der Waals surface area contributed by atoms with E-state index in [2.05, 4.69) is 26.2 Å². The molecule has 3 aromatic carbocycles. The SMILES string of the molecule is COc1cc(/C=C(/C#N)C(=O)NCCc2c[nH]c3ccccc23)c(Br)cc1OCc1ccc(C)cc1. The predicted octanol–water partition coefficient (Wildman–Crippen LogP) is 6.09. The van der Waals surface area contributed by atoms with E-state index in [1.165, 1.54) is 11.6 Å². The molecule has 0 bridgehead atoms. The molecule has 0 spiro atoms. The van der Waals surface area contributed by atoms with Gasteiger partial charge in [-0.25, -0.2) is 0 Å². The molecular weight excluding hydrogens is 518 g/mol. The Morgan fingerprint density at radius 3 is 2.67 bits per heavy atom. The first-order valence-corrected chi connectivity index (χ1v) is 12.3. The van der Waals surface area contributed by atoms with E-state index in [1.54, 1.807) is 19.2 Å². The maximum absolute atomic E-state index is 12.7. The van der Waals surface area contributed by atoms with Crippen molar-refractivity contribution in [2.75, 3.05) is 13.7 Å². The van der Waals surface area contributed by atoms with Crippen LogP contribution in [0.2, 0.25) is 0 Å². The van der Waals surface area contributed by atoms with Crippen molar-refractivity contribution in [3.8, 4) is 17.6 Å². The predicted molar refractivity (Wildman–Crippen MR) is 145 cm³/mol. The summed E-state index contributed by atoms with van der Waals surface area (Å²) in [6.07, 6.45) is 4.14. The Hall–Kier alpha value is -4.02. The second kappa shape index (κ2) is 11.6. The van der Waals surface area contributed by atoms with Gasteiger partial charge in [-0.2, -0.15) is 5.26 Å². The Bertz CT molecular complexity index is 1450. The Morgan fingerprint density at radius 2 is 1.92 bits per heavy atom. The lowest BCUT2D eigenvalue weighted by Gasteiger charge is -2.13. The Labute approximate surface area is 218 Å². The number of halogens is 1. The zero-order chi connectivity index (χ0) is 25.5. The van der Waals surface area contributed by atoms with Crippen LogP contribution in [-0.4, -0.2) is 24.5 Å². The summed E-state index contributed by atoms with van der Waals surface area (Å²) in [5, 5.41) is 13.6. The fraction of sp³-hybridized carbons (Fsp3) is 0.172. The van der Waals surface area contributed by atoms with Crippen LogP contribution < -0.4 is 14.8 Å². The van der Waals surface area contributed by atoms with E-state index in [1.807, 2.05) is 67.7 Å². The quantitative estimate of drug-likeness (QED) is 0.197. The number of benzene rings is 3. The topological polar surface area (TPSA) is 87.1 Å². The van der Waals surface area contributed by atoms with Crippen molar-refractivity contribution in [2.45, 2.75) is 20.0 Å². The highest BCUT2D eigenvalue weighted by Crippen LogP contribution is 2.35. The summed E-state index contributed by atoms with van der Waals surface area (Å²) in [6.45, 7) is 2.84. The van der Waals surface area contributed by atoms with Crippen molar-refractivity contribution in [1.82, 2.24) is 10.3 Å². The van der Waals surface area contributed by atoms with Crippen LogP contribution >= 0.6 is 15.9 Å². The van der Waals surface area contributed by atoms with Crippen LogP contribution in [0.4, 0.5) is 0 Å². The minimum atomic E-state index is -0.428. The average molecular weight is 544 g/mol. The number of hydrogen-bond acceptors (Lipinski definition) is 4. The average Bonchev–Trinajstić information content (AvgIpc) is 3.30. The minimum Gasteiger partial charge on any atom is -0.493 e. The molecule has 1 aromatic heterocycles. The molecule has 1 heterocycles. The van der Waals surface area contributed by atoms with Crippen LogP contribution in [-0.2, 0) is 17.8 Å². The molecule has 36 heavy (non-hydrogen) atoms. The summed E-state index contributed by atoms with van der Waals surface area (Å²) in [5.41, 5.74) is 5.04. The number of nitrogens with zero attached hydrogens (tertiary/aromatic N) is 1. The van der Waals surface area contributed by atoms with Gasteiger partial charge in [0, 0.05) is 28.1 Å². The van der Waals surface area contributed by atoms with Gasteiger partial charge in [-0.1, -0.05) is 64.0 Å². The van der Waals surface area contributed by atoms with Gasteiger partial charge < -0.3 is 19.8 Å². The molecule has 2 N–H and O–H groups in total. The molecule has 4 rings (SSSR count). The number of carbonyl (C=O) groups is 1. The number of aromatic amines is 1. The first-order chi connectivity index (χ1) is 17.5. The van der Waals surface area contributed by atoms with E-state index < -0.39 is 5.91 Å². The lowest BCUT2D eigenvalue weighted by molar-refractivity contribution is -0.117. The van der Waals surface area contributed by atoms with Crippen LogP contribution in [0.15, 0.2) is 76.9 Å². The summed E-state index contributed by atoms with van der Waals surface area (Å²) in [6, 6.07) is 21.7. The molecule has 6 nitrogen and oxygen atoms in total. The van der Waals surface area contributed by atoms with E-state index in [-0.39, 0.29) is 5.57 Å². The van der Waals surface area contributed by atoms with Crippen molar-refractivity contribution in [2.24, 2.45) is 0 Å². The monoisotopic (exact) mass is 543 g/mol. The normalized spacial score (nSPS) is 11.2. The molecule has 7 heteroatoms. The largest absolute Gasteiger partial charge is 0.493 e. The van der Waals surface area contributed by atoms with Crippen LogP contribution in [0.1, 0.15) is 22.3 Å². The van der Waals surface area contributed by atoms with E-state index in [9.17, 15) is 10.1 Å². The fourth-order valence-corrected chi connectivity index (χ4v) is 4.26. The van der Waals surface area contributed by atoms with E-state index in [4.69, 9.17) is 9.47 Å². The van der Waals surface area contributed by atoms with Crippen molar-refractivity contribution in [1.29, 1.82) is 5.26 Å². The maximum Gasteiger partial charge on any atom is 0.261 e. The molecule has 0 aliphatic rings. The molecule has 4 aromatic rings. The maximum atomic E-state index is 12.7. The van der Waals surface area contributed by atoms with Gasteiger partial charge in [0.1, 0.15) is 18.2 Å². The van der Waals surface area contributed by atoms with Crippen LogP contribution in [0.5, 0.6) is 11.5 Å². The summed E-state index contributed by atoms with van der Waals surface area (Å²) < 4.78 is 12.2. The second-order valence-electron chi connectivity index (χ2n) is 8.33. The lowest BCUT2D eigenvalue weighted by Crippen LogP contribution is -2.26. The number of fused-ring (bicyclic) bond motifs is 1. The molecule has 182 valence electrons. The van der Waals surface area contributed by atoms with Gasteiger partial charge in [-0.05, 0) is 54.3 Å². The number of methoxy groups -OCH3 is 1. The van der Waals surface area contributed by atoms with Gasteiger partial charge in [0.05, 0.1) is 7.11 Å². The number of hydrogen-bond donors (Lipinski definition) is 2. The molecule has 0 radical (unpaired) electrons. The molecule has 0 unspecified atom stereocenters. The fourth-order valence-electron chi connectivity index (χ4n) is 3.83. The van der Waals surface area contributed by atoms with Gasteiger partial charge in [0.2, 0.25) is 0 Å². The summed E-state index contributed by atoms with van der Waals surface area (Å²) >= 11 is 3.53. The highest BCUT2D eigenvalue weighted by atomic mass is 79.9. The third kappa shape index (κ3) is 5.96. The highest BCUT2D eigenvalue weighted by molar-refractivity contribution is 9.10. The lowest BCUT2D eigenvalue weighted by atomic mass is 10.1. The van der Waals surface area contributed by atoms with Gasteiger partial charge in [-0.3, -0.25) is 4.79 Å².